The van der Waals surface area contributed by atoms with Crippen molar-refractivity contribution in [2.75, 3.05) is 25.6 Å². The van der Waals surface area contributed by atoms with E-state index in [2.05, 4.69) is 34.4 Å². The van der Waals surface area contributed by atoms with Gasteiger partial charge in [-0.3, -0.25) is 4.79 Å². The normalized spacial score (nSPS) is 11.7. The zero-order valence-corrected chi connectivity index (χ0v) is 15.8. The lowest BCUT2D eigenvalue weighted by molar-refractivity contribution is 0.0951. The lowest BCUT2D eigenvalue weighted by Crippen LogP contribution is -2.40. The number of nitrogens with one attached hydrogen (secondary N) is 1. The summed E-state index contributed by atoms with van der Waals surface area (Å²) in [5.74, 6) is 0.551. The predicted molar refractivity (Wildman–Crippen MR) is 107 cm³/mol. The Bertz CT molecular complexity index is 892. The first-order valence-corrected chi connectivity index (χ1v) is 8.84. The molecule has 0 spiro atoms. The molecule has 0 bridgehead atoms. The molecule has 1 N–H and O–H groups in total. The Hall–Kier alpha value is -3.28. The third-order valence-electron chi connectivity index (χ3n) is 4.56. The number of carbonyl (C=O) groups excluding carboxylic acids is 1. The molecule has 1 atom stereocenters. The van der Waals surface area contributed by atoms with Crippen LogP contribution in [-0.2, 0) is 0 Å². The van der Waals surface area contributed by atoms with Crippen LogP contribution in [0.15, 0.2) is 67.0 Å². The van der Waals surface area contributed by atoms with E-state index >= 15 is 0 Å². The van der Waals surface area contributed by atoms with Gasteiger partial charge in [0.25, 0.3) is 5.91 Å². The van der Waals surface area contributed by atoms with Gasteiger partial charge < -0.3 is 15.0 Å². The minimum Gasteiger partial charge on any atom is -0.494 e. The second kappa shape index (κ2) is 8.40. The molecule has 0 unspecified atom stereocenters. The maximum atomic E-state index is 12.5. The van der Waals surface area contributed by atoms with E-state index < -0.39 is 0 Å². The molecule has 1 heterocycles. The Morgan fingerprint density at radius 1 is 1.19 bits per heavy atom. The zero-order chi connectivity index (χ0) is 19.2. The molecule has 0 saturated heterocycles. The highest BCUT2D eigenvalue weighted by atomic mass is 16.5. The summed E-state index contributed by atoms with van der Waals surface area (Å²) in [5.41, 5.74) is 2.41. The fourth-order valence-corrected chi connectivity index (χ4v) is 2.79. The van der Waals surface area contributed by atoms with E-state index in [9.17, 15) is 4.79 Å². The molecule has 0 radical (unpaired) electrons. The molecule has 27 heavy (non-hydrogen) atoms. The van der Waals surface area contributed by atoms with Gasteiger partial charge in [0, 0.05) is 31.5 Å². The van der Waals surface area contributed by atoms with Crippen LogP contribution in [0.5, 0.6) is 5.75 Å². The largest absolute Gasteiger partial charge is 0.494 e. The molecular weight excluding hydrogens is 340 g/mol. The number of ether oxygens (including phenoxy) is 1. The van der Waals surface area contributed by atoms with Crippen molar-refractivity contribution >= 4 is 11.6 Å². The first kappa shape index (κ1) is 18.5. The highest BCUT2D eigenvalue weighted by molar-refractivity contribution is 5.93. The number of aromatic nitrogens is 2. The molecule has 0 fully saturated rings. The number of amides is 1. The fraction of sp³-hybridized carbons (Fsp3) is 0.238. The first-order valence-electron chi connectivity index (χ1n) is 8.84. The maximum absolute atomic E-state index is 12.5. The van der Waals surface area contributed by atoms with Gasteiger partial charge in [-0.2, -0.15) is 5.10 Å². The van der Waals surface area contributed by atoms with Gasteiger partial charge in [0.05, 0.1) is 18.9 Å². The average molecular weight is 364 g/mol. The van der Waals surface area contributed by atoms with Crippen LogP contribution < -0.4 is 15.0 Å². The van der Waals surface area contributed by atoms with E-state index in [0.29, 0.717) is 17.9 Å². The molecule has 6 heteroatoms. The molecule has 6 nitrogen and oxygen atoms in total. The van der Waals surface area contributed by atoms with Crippen molar-refractivity contribution in [2.45, 2.75) is 13.0 Å². The molecule has 0 aliphatic rings. The van der Waals surface area contributed by atoms with Crippen molar-refractivity contribution in [3.8, 4) is 11.4 Å². The molecule has 3 rings (SSSR count). The molecule has 1 aromatic heterocycles. The van der Waals surface area contributed by atoms with Gasteiger partial charge in [-0.1, -0.05) is 30.3 Å². The molecular formula is C21H24N4O2. The second-order valence-electron chi connectivity index (χ2n) is 6.35. The van der Waals surface area contributed by atoms with Crippen LogP contribution in [-0.4, -0.2) is 42.4 Å². The van der Waals surface area contributed by atoms with Gasteiger partial charge in [-0.05, 0) is 31.2 Å². The molecule has 140 valence electrons. The third-order valence-corrected chi connectivity index (χ3v) is 4.56. The monoisotopic (exact) mass is 364 g/mol. The SMILES string of the molecule is COc1ccccc1-n1cc(C(=O)NC[C@H](C)N(C)c2ccccc2)cn1. The second-order valence-corrected chi connectivity index (χ2v) is 6.35. The van der Waals surface area contributed by atoms with Gasteiger partial charge in [0.15, 0.2) is 0 Å². The minimum absolute atomic E-state index is 0.149. The summed E-state index contributed by atoms with van der Waals surface area (Å²) in [6.07, 6.45) is 3.27. The Kier molecular flexibility index (Phi) is 5.76. The summed E-state index contributed by atoms with van der Waals surface area (Å²) in [6.45, 7) is 2.61. The number of para-hydroxylation sites is 3. The summed E-state index contributed by atoms with van der Waals surface area (Å²) < 4.78 is 7.00. The van der Waals surface area contributed by atoms with E-state index in [1.807, 2.05) is 49.5 Å². The van der Waals surface area contributed by atoms with E-state index in [-0.39, 0.29) is 11.9 Å². The number of rotatable bonds is 7. The quantitative estimate of drug-likeness (QED) is 0.700. The van der Waals surface area contributed by atoms with E-state index in [1.165, 1.54) is 0 Å². The van der Waals surface area contributed by atoms with Crippen LogP contribution >= 0.6 is 0 Å². The van der Waals surface area contributed by atoms with Crippen molar-refractivity contribution in [3.63, 3.8) is 0 Å². The molecule has 0 saturated carbocycles. The standard InChI is InChI=1S/C21H24N4O2/c1-16(24(2)18-9-5-4-6-10-18)13-22-21(26)17-14-23-25(15-17)19-11-7-8-12-20(19)27-3/h4-12,14-16H,13H2,1-3H3,(H,22,26)/t16-/m0/s1. The highest BCUT2D eigenvalue weighted by Crippen LogP contribution is 2.21. The smallest absolute Gasteiger partial charge is 0.254 e. The first-order chi connectivity index (χ1) is 13.1. The Labute approximate surface area is 159 Å². The number of carbonyl (C=O) groups is 1. The third kappa shape index (κ3) is 4.28. The Morgan fingerprint density at radius 2 is 1.89 bits per heavy atom. The summed E-state index contributed by atoms with van der Waals surface area (Å²) in [4.78, 5) is 14.6. The predicted octanol–water partition coefficient (Wildman–Crippen LogP) is 3.14. The van der Waals surface area contributed by atoms with Crippen molar-refractivity contribution in [2.24, 2.45) is 0 Å². The highest BCUT2D eigenvalue weighted by Gasteiger charge is 2.14. The van der Waals surface area contributed by atoms with Gasteiger partial charge in [0.1, 0.15) is 11.4 Å². The van der Waals surface area contributed by atoms with Crippen LogP contribution in [0.4, 0.5) is 5.69 Å². The van der Waals surface area contributed by atoms with Gasteiger partial charge in [0.2, 0.25) is 0 Å². The zero-order valence-electron chi connectivity index (χ0n) is 15.8. The van der Waals surface area contributed by atoms with Crippen LogP contribution in [0.3, 0.4) is 0 Å². The Morgan fingerprint density at radius 3 is 2.63 bits per heavy atom. The number of likely N-dealkylation sites (N-methyl/N-ethyl adjacent to an activating group) is 1. The number of methoxy groups -OCH3 is 1. The summed E-state index contributed by atoms with van der Waals surface area (Å²) in [7, 11) is 3.63. The Balaban J connectivity index is 1.63. The van der Waals surface area contributed by atoms with Gasteiger partial charge >= 0.3 is 0 Å². The molecule has 1 amide bonds. The van der Waals surface area contributed by atoms with Crippen molar-refractivity contribution < 1.29 is 9.53 Å². The average Bonchev–Trinajstić information content (AvgIpc) is 3.22. The number of nitrogens with zero attached hydrogens (tertiary/aromatic N) is 3. The van der Waals surface area contributed by atoms with Crippen molar-refractivity contribution in [1.29, 1.82) is 0 Å². The van der Waals surface area contributed by atoms with Gasteiger partial charge in [-0.25, -0.2) is 4.68 Å². The van der Waals surface area contributed by atoms with Crippen LogP contribution in [0.25, 0.3) is 5.69 Å². The van der Waals surface area contributed by atoms with Crippen molar-refractivity contribution in [3.05, 3.63) is 72.6 Å². The summed E-state index contributed by atoms with van der Waals surface area (Å²) >= 11 is 0. The summed E-state index contributed by atoms with van der Waals surface area (Å²) in [6, 6.07) is 17.8. The molecule has 0 aliphatic heterocycles. The van der Waals surface area contributed by atoms with E-state index in [4.69, 9.17) is 4.74 Å². The van der Waals surface area contributed by atoms with Gasteiger partial charge in [-0.15, -0.1) is 0 Å². The minimum atomic E-state index is -0.149. The number of hydrogen-bond donors (Lipinski definition) is 1. The topological polar surface area (TPSA) is 59.4 Å². The number of anilines is 1. The number of benzene rings is 2. The summed E-state index contributed by atoms with van der Waals surface area (Å²) in [5, 5.41) is 7.27. The van der Waals surface area contributed by atoms with E-state index in [1.54, 1.807) is 24.2 Å². The fourth-order valence-electron chi connectivity index (χ4n) is 2.79. The van der Waals surface area contributed by atoms with Crippen LogP contribution in [0.2, 0.25) is 0 Å². The molecule has 2 aromatic carbocycles. The lowest BCUT2D eigenvalue weighted by atomic mass is 10.2. The van der Waals surface area contributed by atoms with Crippen LogP contribution in [0.1, 0.15) is 17.3 Å². The van der Waals surface area contributed by atoms with E-state index in [0.717, 1.165) is 11.4 Å². The maximum Gasteiger partial charge on any atom is 0.254 e. The van der Waals surface area contributed by atoms with Crippen LogP contribution in [0, 0.1) is 0 Å². The molecule has 0 aliphatic carbocycles. The van der Waals surface area contributed by atoms with Crippen molar-refractivity contribution in [1.82, 2.24) is 15.1 Å². The number of hydrogen-bond acceptors (Lipinski definition) is 4. The lowest BCUT2D eigenvalue weighted by Gasteiger charge is -2.27. The molecule has 3 aromatic rings.